The Morgan fingerprint density at radius 1 is 1.24 bits per heavy atom. The summed E-state index contributed by atoms with van der Waals surface area (Å²) in [6.07, 6.45) is 1.96. The van der Waals surface area contributed by atoms with Crippen LogP contribution in [0.1, 0.15) is 41.9 Å². The molecule has 1 atom stereocenters. The van der Waals surface area contributed by atoms with Crippen LogP contribution in [0.4, 0.5) is 5.13 Å². The van der Waals surface area contributed by atoms with Gasteiger partial charge in [-0.1, -0.05) is 52.9 Å². The second-order valence-corrected chi connectivity index (χ2v) is 11.0. The van der Waals surface area contributed by atoms with Crippen molar-refractivity contribution in [2.75, 3.05) is 4.90 Å². The van der Waals surface area contributed by atoms with Crippen molar-refractivity contribution in [3.63, 3.8) is 0 Å². The number of nitrogens with zero attached hydrogens (tertiary/aromatic N) is 4. The lowest BCUT2D eigenvalue weighted by Crippen LogP contribution is -2.38. The van der Waals surface area contributed by atoms with Crippen LogP contribution in [-0.4, -0.2) is 16.0 Å². The highest BCUT2D eigenvalue weighted by molar-refractivity contribution is 8.00. The first-order chi connectivity index (χ1) is 16.1. The molecular weight excluding hydrogens is 470 g/mol. The van der Waals surface area contributed by atoms with Gasteiger partial charge in [-0.25, -0.2) is 0 Å². The van der Waals surface area contributed by atoms with Crippen LogP contribution in [-0.2, 0) is 10.5 Å². The first kappa shape index (κ1) is 21.9. The molecule has 5 rings (SSSR count). The fourth-order valence-electron chi connectivity index (χ4n) is 4.26. The molecular formula is C24H21N5OS3. The third-order valence-corrected chi connectivity index (χ3v) is 8.67. The van der Waals surface area contributed by atoms with E-state index in [9.17, 15) is 10.1 Å². The fourth-order valence-corrected chi connectivity index (χ4v) is 6.78. The number of thioether (sulfide) groups is 1. The van der Waals surface area contributed by atoms with Crippen LogP contribution in [0.25, 0.3) is 0 Å². The number of rotatable bonds is 5. The summed E-state index contributed by atoms with van der Waals surface area (Å²) in [6, 6.07) is 12.7. The topological polar surface area (TPSA) is 95.9 Å². The number of nitrogens with two attached hydrogens (primary N) is 1. The largest absolute Gasteiger partial charge is 0.384 e. The number of anilines is 1. The molecule has 2 N–H and O–H groups in total. The van der Waals surface area contributed by atoms with E-state index < -0.39 is 5.92 Å². The van der Waals surface area contributed by atoms with E-state index in [2.05, 4.69) is 47.5 Å². The molecule has 0 saturated carbocycles. The molecule has 2 aliphatic rings. The van der Waals surface area contributed by atoms with Crippen LogP contribution >= 0.6 is 34.4 Å². The van der Waals surface area contributed by atoms with Gasteiger partial charge in [0.1, 0.15) is 5.82 Å². The van der Waals surface area contributed by atoms with Gasteiger partial charge in [0.25, 0.3) is 0 Å². The van der Waals surface area contributed by atoms with Crippen molar-refractivity contribution in [2.24, 2.45) is 5.73 Å². The minimum Gasteiger partial charge on any atom is -0.384 e. The van der Waals surface area contributed by atoms with Crippen molar-refractivity contribution in [3.05, 3.63) is 80.4 Å². The Morgan fingerprint density at radius 3 is 2.79 bits per heavy atom. The van der Waals surface area contributed by atoms with Gasteiger partial charge in [0.05, 0.1) is 17.6 Å². The minimum atomic E-state index is -0.413. The normalized spacial score (nSPS) is 18.5. The summed E-state index contributed by atoms with van der Waals surface area (Å²) in [5.74, 6) is 0.796. The summed E-state index contributed by atoms with van der Waals surface area (Å²) in [5, 5.41) is 23.3. The van der Waals surface area contributed by atoms with Gasteiger partial charge in [-0.2, -0.15) is 16.6 Å². The Bertz CT molecular complexity index is 1300. The molecule has 1 unspecified atom stereocenters. The molecule has 0 fully saturated rings. The number of allylic oxidation sites excluding steroid dienone is 3. The van der Waals surface area contributed by atoms with Crippen molar-refractivity contribution in [1.29, 1.82) is 5.26 Å². The molecule has 166 valence electrons. The number of thiophene rings is 1. The summed E-state index contributed by atoms with van der Waals surface area (Å²) < 4.78 is 0.820. The first-order valence-corrected chi connectivity index (χ1v) is 13.3. The third kappa shape index (κ3) is 4.10. The highest BCUT2D eigenvalue weighted by atomic mass is 32.2. The minimum absolute atomic E-state index is 0.0798. The van der Waals surface area contributed by atoms with Crippen molar-refractivity contribution >= 4 is 45.4 Å². The van der Waals surface area contributed by atoms with Crippen LogP contribution in [0.5, 0.6) is 0 Å². The summed E-state index contributed by atoms with van der Waals surface area (Å²) in [5.41, 5.74) is 11.9. The summed E-state index contributed by atoms with van der Waals surface area (Å²) in [6.45, 7) is 2.07. The number of benzene rings is 1. The van der Waals surface area contributed by atoms with E-state index in [1.54, 1.807) is 28.0 Å². The molecule has 0 radical (unpaired) electrons. The lowest BCUT2D eigenvalue weighted by molar-refractivity contribution is -0.116. The molecule has 6 nitrogen and oxygen atoms in total. The molecule has 2 aromatic heterocycles. The van der Waals surface area contributed by atoms with Gasteiger partial charge < -0.3 is 5.73 Å². The highest BCUT2D eigenvalue weighted by Gasteiger charge is 2.41. The predicted molar refractivity (Wildman–Crippen MR) is 133 cm³/mol. The SMILES string of the molecule is Cc1ccc(CSc2nnc(N3C(N)=C(C#N)C(c4ccsc4)C4=C3CCCC4=O)s2)cc1. The number of aryl methyl sites for hydroxylation is 1. The maximum Gasteiger partial charge on any atom is 0.219 e. The van der Waals surface area contributed by atoms with Crippen LogP contribution in [0, 0.1) is 18.3 Å². The van der Waals surface area contributed by atoms with Gasteiger partial charge in [-0.05, 0) is 47.7 Å². The average molecular weight is 492 g/mol. The number of hydrogen-bond donors (Lipinski definition) is 1. The maximum atomic E-state index is 13.1. The summed E-state index contributed by atoms with van der Waals surface area (Å²) in [7, 11) is 0. The summed E-state index contributed by atoms with van der Waals surface area (Å²) in [4.78, 5) is 14.9. The van der Waals surface area contributed by atoms with E-state index in [0.717, 1.165) is 27.8 Å². The number of ketones is 1. The van der Waals surface area contributed by atoms with Crippen molar-refractivity contribution in [2.45, 2.75) is 42.2 Å². The molecule has 1 aromatic carbocycles. The average Bonchev–Trinajstić information content (AvgIpc) is 3.51. The maximum absolute atomic E-state index is 13.1. The van der Waals surface area contributed by atoms with E-state index in [4.69, 9.17) is 5.73 Å². The number of carbonyl (C=O) groups excluding carboxylic acids is 1. The zero-order valence-corrected chi connectivity index (χ0v) is 20.4. The zero-order valence-electron chi connectivity index (χ0n) is 17.9. The standard InChI is InChI=1S/C24H21N5OS3/c1-14-5-7-15(8-6-14)12-32-24-28-27-23(33-24)29-18-3-2-4-19(30)21(18)20(16-9-10-31-13-16)17(11-25)22(29)26/h5-10,13,20H,2-4,12,26H2,1H3. The zero-order chi connectivity index (χ0) is 22.9. The van der Waals surface area contributed by atoms with Crippen LogP contribution in [0.15, 0.2) is 68.1 Å². The number of hydrogen-bond acceptors (Lipinski definition) is 9. The Balaban J connectivity index is 1.50. The number of aromatic nitrogens is 2. The first-order valence-electron chi connectivity index (χ1n) is 10.6. The van der Waals surface area contributed by atoms with Gasteiger partial charge in [-0.15, -0.1) is 10.2 Å². The second kappa shape index (κ2) is 9.14. The van der Waals surface area contributed by atoms with Gasteiger partial charge in [0.15, 0.2) is 10.1 Å². The Labute approximate surface area is 204 Å². The molecule has 0 amide bonds. The van der Waals surface area contributed by atoms with Gasteiger partial charge in [0, 0.05) is 23.4 Å². The Hall–Kier alpha value is -2.93. The molecule has 1 aliphatic heterocycles. The molecule has 1 aliphatic carbocycles. The van der Waals surface area contributed by atoms with E-state index in [-0.39, 0.29) is 5.78 Å². The molecule has 0 saturated heterocycles. The predicted octanol–water partition coefficient (Wildman–Crippen LogP) is 5.51. The number of Topliss-reactive ketones (excluding diaryl/α,β-unsaturated/α-hetero) is 1. The summed E-state index contributed by atoms with van der Waals surface area (Å²) >= 11 is 4.60. The Morgan fingerprint density at radius 2 is 2.06 bits per heavy atom. The van der Waals surface area contributed by atoms with Gasteiger partial charge >= 0.3 is 0 Å². The lowest BCUT2D eigenvalue weighted by Gasteiger charge is -2.37. The van der Waals surface area contributed by atoms with E-state index in [0.29, 0.717) is 34.9 Å². The molecule has 33 heavy (non-hydrogen) atoms. The Kier molecular flexibility index (Phi) is 6.06. The quantitative estimate of drug-likeness (QED) is 0.470. The van der Waals surface area contributed by atoms with Crippen LogP contribution < -0.4 is 10.6 Å². The van der Waals surface area contributed by atoms with E-state index in [1.165, 1.54) is 22.5 Å². The molecule has 0 spiro atoms. The van der Waals surface area contributed by atoms with Crippen molar-refractivity contribution in [1.82, 2.24) is 10.2 Å². The van der Waals surface area contributed by atoms with Gasteiger partial charge in [-0.3, -0.25) is 9.69 Å². The molecule has 9 heteroatoms. The third-order valence-electron chi connectivity index (χ3n) is 5.86. The highest BCUT2D eigenvalue weighted by Crippen LogP contribution is 2.47. The van der Waals surface area contributed by atoms with Crippen LogP contribution in [0.3, 0.4) is 0 Å². The lowest BCUT2D eigenvalue weighted by atomic mass is 9.76. The van der Waals surface area contributed by atoms with E-state index in [1.807, 2.05) is 16.8 Å². The van der Waals surface area contributed by atoms with Crippen LogP contribution in [0.2, 0.25) is 0 Å². The van der Waals surface area contributed by atoms with Crippen molar-refractivity contribution in [3.8, 4) is 6.07 Å². The molecule has 3 heterocycles. The molecule has 3 aromatic rings. The monoisotopic (exact) mass is 491 g/mol. The fraction of sp³-hybridized carbons (Fsp3) is 0.250. The smallest absolute Gasteiger partial charge is 0.219 e. The van der Waals surface area contributed by atoms with Gasteiger partial charge in [0.2, 0.25) is 5.13 Å². The second-order valence-electron chi connectivity index (χ2n) is 8.00. The van der Waals surface area contributed by atoms with E-state index >= 15 is 0 Å². The molecule has 0 bridgehead atoms. The number of carbonyl (C=O) groups is 1. The van der Waals surface area contributed by atoms with Crippen molar-refractivity contribution < 1.29 is 4.79 Å². The number of nitriles is 1.